The van der Waals surface area contributed by atoms with Crippen molar-refractivity contribution >= 4 is 8.03 Å². The van der Waals surface area contributed by atoms with E-state index in [2.05, 4.69) is 0 Å². The summed E-state index contributed by atoms with van der Waals surface area (Å²) in [6.45, 7) is 7.76. The van der Waals surface area contributed by atoms with E-state index in [-0.39, 0.29) is 0 Å². The number of hydrogen-bond donors (Lipinski definition) is 0. The highest BCUT2D eigenvalue weighted by atomic mass is 31.1. The van der Waals surface area contributed by atoms with E-state index in [1.54, 1.807) is 0 Å². The molecule has 1 atom stereocenters. The summed E-state index contributed by atoms with van der Waals surface area (Å²) < 4.78 is 22.9. The van der Waals surface area contributed by atoms with E-state index in [1.807, 2.05) is 58.1 Å². The molecule has 0 bridgehead atoms. The Morgan fingerprint density at radius 1 is 1.22 bits per heavy atom. The van der Waals surface area contributed by atoms with Gasteiger partial charge in [0.1, 0.15) is 5.76 Å². The smallest absolute Gasteiger partial charge is 0.443 e. The summed E-state index contributed by atoms with van der Waals surface area (Å²) in [7, 11) is -0.397. The molecule has 0 aliphatic carbocycles. The van der Waals surface area contributed by atoms with Crippen LogP contribution in [-0.4, -0.2) is 12.5 Å². The Hall–Kier alpha value is -0.920. The lowest BCUT2D eigenvalue weighted by molar-refractivity contribution is 0.0651. The van der Waals surface area contributed by atoms with Gasteiger partial charge in [-0.2, -0.15) is 0 Å². The molecule has 3 nitrogen and oxygen atoms in total. The molecule has 4 heteroatoms. The van der Waals surface area contributed by atoms with Crippen molar-refractivity contribution in [2.24, 2.45) is 0 Å². The highest BCUT2D eigenvalue weighted by molar-refractivity contribution is 7.40. The summed E-state index contributed by atoms with van der Waals surface area (Å²) in [5.41, 5.74) is 0. The fourth-order valence-electron chi connectivity index (χ4n) is 1.53. The first-order chi connectivity index (χ1) is 8.60. The second-order valence-corrected chi connectivity index (χ2v) is 5.47. The molecular formula is C14H24O3P+. The van der Waals surface area contributed by atoms with E-state index in [1.165, 1.54) is 7.11 Å². The fraction of sp³-hybridized carbons (Fsp3) is 0.571. The van der Waals surface area contributed by atoms with Crippen molar-refractivity contribution in [3.63, 3.8) is 0 Å². The summed E-state index contributed by atoms with van der Waals surface area (Å²) in [6.07, 6.45) is 10.8. The van der Waals surface area contributed by atoms with Crippen molar-refractivity contribution in [1.82, 2.24) is 0 Å². The first kappa shape index (κ1) is 17.1. The predicted octanol–water partition coefficient (Wildman–Crippen LogP) is 4.94. The van der Waals surface area contributed by atoms with Gasteiger partial charge in [-0.25, -0.2) is 0 Å². The molecule has 0 aromatic carbocycles. The van der Waals surface area contributed by atoms with Gasteiger partial charge in [0.05, 0.1) is 7.11 Å². The number of ether oxygens (including phenoxy) is 1. The summed E-state index contributed by atoms with van der Waals surface area (Å²) in [4.78, 5) is 0. The van der Waals surface area contributed by atoms with Crippen LogP contribution in [0.2, 0.25) is 0 Å². The number of allylic oxidation sites excluding steroid dienone is 5. The Labute approximate surface area is 111 Å². The van der Waals surface area contributed by atoms with Gasteiger partial charge in [0.25, 0.3) is 0 Å². The maximum absolute atomic E-state index is 12.0. The van der Waals surface area contributed by atoms with E-state index in [0.717, 1.165) is 0 Å². The molecule has 0 aromatic rings. The van der Waals surface area contributed by atoms with Crippen LogP contribution in [0.15, 0.2) is 36.1 Å². The molecule has 0 heterocycles. The van der Waals surface area contributed by atoms with Crippen molar-refractivity contribution in [2.45, 2.75) is 45.9 Å². The molecule has 0 aromatic heterocycles. The third-order valence-electron chi connectivity index (χ3n) is 2.76. The van der Waals surface area contributed by atoms with Crippen LogP contribution >= 0.6 is 8.03 Å². The van der Waals surface area contributed by atoms with Crippen LogP contribution in [0, 0.1) is 0 Å². The Bertz CT molecular complexity index is 339. The normalized spacial score (nSPS) is 14.5. The molecule has 0 aliphatic rings. The van der Waals surface area contributed by atoms with Gasteiger partial charge < -0.3 is 4.74 Å². The second kappa shape index (κ2) is 9.07. The third-order valence-corrected chi connectivity index (χ3v) is 4.48. The molecule has 18 heavy (non-hydrogen) atoms. The standard InChI is InChI=1S/C14H24O3P/c1-6-10-11-12-13(7-2)17-14(8-3,9-4)18(15)16-5/h6-7,10-12H,8-9H2,1-5H3/q+1/b10-6-,12-11-,13-7+. The van der Waals surface area contributed by atoms with Crippen LogP contribution < -0.4 is 0 Å². The van der Waals surface area contributed by atoms with Crippen molar-refractivity contribution in [3.8, 4) is 0 Å². The monoisotopic (exact) mass is 271 g/mol. The molecule has 0 saturated heterocycles. The molecular weight excluding hydrogens is 247 g/mol. The Morgan fingerprint density at radius 2 is 1.83 bits per heavy atom. The summed E-state index contributed by atoms with van der Waals surface area (Å²) in [5.74, 6) is 0.706. The van der Waals surface area contributed by atoms with Gasteiger partial charge in [0.15, 0.2) is 0 Å². The van der Waals surface area contributed by atoms with E-state index < -0.39 is 13.4 Å². The van der Waals surface area contributed by atoms with Crippen LogP contribution in [0.5, 0.6) is 0 Å². The summed E-state index contributed by atoms with van der Waals surface area (Å²) in [5, 5.41) is -0.744. The molecule has 0 rings (SSSR count). The zero-order valence-corrected chi connectivity index (χ0v) is 12.9. The molecule has 102 valence electrons. The van der Waals surface area contributed by atoms with Crippen LogP contribution in [0.25, 0.3) is 0 Å². The van der Waals surface area contributed by atoms with Gasteiger partial charge in [-0.05, 0) is 30.6 Å². The molecule has 0 radical (unpaired) electrons. The minimum Gasteiger partial charge on any atom is -0.443 e. The van der Waals surface area contributed by atoms with Gasteiger partial charge in [-0.15, -0.1) is 4.52 Å². The second-order valence-electron chi connectivity index (χ2n) is 3.77. The third kappa shape index (κ3) is 4.75. The SMILES string of the molecule is C\C=C/C=C\C(=C/C)OC(CC)(CC)[P+](=O)OC. The van der Waals surface area contributed by atoms with E-state index >= 15 is 0 Å². The zero-order valence-electron chi connectivity index (χ0n) is 12.0. The van der Waals surface area contributed by atoms with Crippen LogP contribution in [0.1, 0.15) is 40.5 Å². The van der Waals surface area contributed by atoms with Crippen LogP contribution in [-0.2, 0) is 13.8 Å². The van der Waals surface area contributed by atoms with Crippen molar-refractivity contribution < 1.29 is 13.8 Å². The first-order valence-corrected chi connectivity index (χ1v) is 7.44. The molecule has 1 unspecified atom stereocenters. The Morgan fingerprint density at radius 3 is 2.22 bits per heavy atom. The van der Waals surface area contributed by atoms with Gasteiger partial charge in [0.2, 0.25) is 0 Å². The largest absolute Gasteiger partial charge is 0.556 e. The molecule has 0 N–H and O–H groups in total. The average Bonchev–Trinajstić information content (AvgIpc) is 2.42. The van der Waals surface area contributed by atoms with E-state index in [4.69, 9.17) is 9.26 Å². The van der Waals surface area contributed by atoms with Crippen LogP contribution in [0.4, 0.5) is 0 Å². The first-order valence-electron chi connectivity index (χ1n) is 6.26. The molecule has 0 saturated carbocycles. The molecule has 0 amide bonds. The molecule has 0 aliphatic heterocycles. The highest BCUT2D eigenvalue weighted by Gasteiger charge is 2.50. The number of hydrogen-bond acceptors (Lipinski definition) is 3. The zero-order chi connectivity index (χ0) is 14.0. The van der Waals surface area contributed by atoms with Crippen LogP contribution in [0.3, 0.4) is 0 Å². The lowest BCUT2D eigenvalue weighted by atomic mass is 10.2. The summed E-state index contributed by atoms with van der Waals surface area (Å²) >= 11 is 0. The topological polar surface area (TPSA) is 35.5 Å². The fourth-order valence-corrected chi connectivity index (χ4v) is 2.56. The van der Waals surface area contributed by atoms with E-state index in [0.29, 0.717) is 18.6 Å². The lowest BCUT2D eigenvalue weighted by Crippen LogP contribution is -2.26. The van der Waals surface area contributed by atoms with Crippen molar-refractivity contribution in [3.05, 3.63) is 36.1 Å². The van der Waals surface area contributed by atoms with E-state index in [9.17, 15) is 4.57 Å². The molecule has 0 fully saturated rings. The quantitative estimate of drug-likeness (QED) is 0.356. The maximum atomic E-state index is 12.0. The highest BCUT2D eigenvalue weighted by Crippen LogP contribution is 2.46. The van der Waals surface area contributed by atoms with Gasteiger partial charge >= 0.3 is 13.4 Å². The predicted molar refractivity (Wildman–Crippen MR) is 76.7 cm³/mol. The van der Waals surface area contributed by atoms with Crippen molar-refractivity contribution in [2.75, 3.05) is 7.11 Å². The minimum atomic E-state index is -1.85. The lowest BCUT2D eigenvalue weighted by Gasteiger charge is -2.21. The average molecular weight is 271 g/mol. The van der Waals surface area contributed by atoms with Gasteiger partial charge in [-0.3, -0.25) is 0 Å². The Balaban J connectivity index is 5.02. The summed E-state index contributed by atoms with van der Waals surface area (Å²) in [6, 6.07) is 0. The maximum Gasteiger partial charge on any atom is 0.556 e. The Kier molecular flexibility index (Phi) is 8.61. The minimum absolute atomic E-state index is 0.640. The van der Waals surface area contributed by atoms with Gasteiger partial charge in [0, 0.05) is 12.8 Å². The van der Waals surface area contributed by atoms with Crippen molar-refractivity contribution in [1.29, 1.82) is 0 Å². The van der Waals surface area contributed by atoms with Gasteiger partial charge in [-0.1, -0.05) is 32.1 Å². The number of rotatable bonds is 8. The molecule has 0 spiro atoms.